The minimum absolute atomic E-state index is 0.216. The van der Waals surface area contributed by atoms with Crippen molar-refractivity contribution in [3.8, 4) is 0 Å². The highest BCUT2D eigenvalue weighted by Gasteiger charge is 2.72. The third-order valence-corrected chi connectivity index (χ3v) is 9.62. The molecule has 0 aliphatic heterocycles. The number of carboxylic acid groups (broad SMARTS) is 1. The SMILES string of the molecule is CC(C)(C)[Si](C)(C)OCC12CC(C(=O)O)(C1)C2. The van der Waals surface area contributed by atoms with Gasteiger partial charge in [-0.15, -0.1) is 0 Å². The van der Waals surface area contributed by atoms with Gasteiger partial charge in [-0.25, -0.2) is 0 Å². The fourth-order valence-electron chi connectivity index (χ4n) is 2.93. The average Bonchev–Trinajstić information content (AvgIpc) is 1.95. The Bertz CT molecular complexity index is 334. The molecule has 4 heteroatoms. The Hall–Kier alpha value is -0.353. The normalized spacial score (nSPS) is 36.1. The van der Waals surface area contributed by atoms with Crippen molar-refractivity contribution < 1.29 is 14.3 Å². The standard InChI is InChI=1S/C13H24O3Si/c1-11(2,3)17(4,5)16-9-12-6-13(7-12,8-12)10(14)15/h6-9H2,1-5H3,(H,14,15). The number of aliphatic carboxylic acids is 1. The van der Waals surface area contributed by atoms with Gasteiger partial charge in [-0.1, -0.05) is 20.8 Å². The highest BCUT2D eigenvalue weighted by Crippen LogP contribution is 2.73. The van der Waals surface area contributed by atoms with E-state index in [1.165, 1.54) is 0 Å². The molecule has 0 aromatic carbocycles. The second kappa shape index (κ2) is 3.35. The van der Waals surface area contributed by atoms with Crippen LogP contribution in [0.15, 0.2) is 0 Å². The smallest absolute Gasteiger partial charge is 0.309 e. The quantitative estimate of drug-likeness (QED) is 0.785. The second-order valence-corrected chi connectivity index (χ2v) is 12.5. The van der Waals surface area contributed by atoms with Crippen molar-refractivity contribution in [2.75, 3.05) is 6.61 Å². The summed E-state index contributed by atoms with van der Waals surface area (Å²) in [5, 5.41) is 9.31. The van der Waals surface area contributed by atoms with Gasteiger partial charge < -0.3 is 9.53 Å². The zero-order valence-electron chi connectivity index (χ0n) is 11.6. The van der Waals surface area contributed by atoms with Crippen LogP contribution in [0.2, 0.25) is 18.1 Å². The molecular weight excluding hydrogens is 232 g/mol. The molecule has 0 spiro atoms. The first-order valence-electron chi connectivity index (χ1n) is 6.40. The lowest BCUT2D eigenvalue weighted by molar-refractivity contribution is -0.232. The fourth-order valence-corrected chi connectivity index (χ4v) is 4.03. The molecule has 0 aromatic rings. The molecule has 0 unspecified atom stereocenters. The average molecular weight is 256 g/mol. The number of hydrogen-bond donors (Lipinski definition) is 1. The Morgan fingerprint density at radius 1 is 1.29 bits per heavy atom. The molecule has 2 bridgehead atoms. The summed E-state index contributed by atoms with van der Waals surface area (Å²) in [4.78, 5) is 11.0. The van der Waals surface area contributed by atoms with Crippen LogP contribution in [0.5, 0.6) is 0 Å². The summed E-state index contributed by atoms with van der Waals surface area (Å²) in [6, 6.07) is 0. The first-order chi connectivity index (χ1) is 7.52. The molecule has 0 atom stereocenters. The van der Waals surface area contributed by atoms with Crippen LogP contribution < -0.4 is 0 Å². The van der Waals surface area contributed by atoms with Crippen LogP contribution in [0.3, 0.4) is 0 Å². The third-order valence-electron chi connectivity index (χ3n) is 5.14. The maximum Gasteiger partial charge on any atom is 0.309 e. The van der Waals surface area contributed by atoms with Crippen molar-refractivity contribution >= 4 is 14.3 Å². The third kappa shape index (κ3) is 1.85. The van der Waals surface area contributed by atoms with E-state index in [0.29, 0.717) is 0 Å². The zero-order valence-corrected chi connectivity index (χ0v) is 12.6. The van der Waals surface area contributed by atoms with Gasteiger partial charge in [0.05, 0.1) is 5.41 Å². The lowest BCUT2D eigenvalue weighted by atomic mass is 9.35. The summed E-state index contributed by atoms with van der Waals surface area (Å²) in [6.45, 7) is 12.0. The van der Waals surface area contributed by atoms with Crippen molar-refractivity contribution in [1.82, 2.24) is 0 Å². The summed E-state index contributed by atoms with van der Waals surface area (Å²) >= 11 is 0. The van der Waals surface area contributed by atoms with Gasteiger partial charge in [0.15, 0.2) is 8.32 Å². The second-order valence-electron chi connectivity index (χ2n) is 7.66. The van der Waals surface area contributed by atoms with E-state index in [1.807, 2.05) is 0 Å². The molecule has 3 saturated carbocycles. The Labute approximate surface area is 105 Å². The molecule has 3 aliphatic carbocycles. The van der Waals surface area contributed by atoms with E-state index in [1.54, 1.807) is 0 Å². The van der Waals surface area contributed by atoms with Gasteiger partial charge in [-0.3, -0.25) is 4.79 Å². The van der Waals surface area contributed by atoms with E-state index in [2.05, 4.69) is 33.9 Å². The lowest BCUT2D eigenvalue weighted by Gasteiger charge is -2.68. The van der Waals surface area contributed by atoms with Crippen LogP contribution in [0.4, 0.5) is 0 Å². The number of hydrogen-bond acceptors (Lipinski definition) is 2. The van der Waals surface area contributed by atoms with Crippen molar-refractivity contribution in [3.63, 3.8) is 0 Å². The molecule has 3 fully saturated rings. The van der Waals surface area contributed by atoms with E-state index >= 15 is 0 Å². The predicted octanol–water partition coefficient (Wildman–Crippen LogP) is 3.26. The molecule has 0 aromatic heterocycles. The molecule has 3 rings (SSSR count). The van der Waals surface area contributed by atoms with Gasteiger partial charge in [-0.2, -0.15) is 0 Å². The van der Waals surface area contributed by atoms with E-state index in [-0.39, 0.29) is 15.9 Å². The maximum atomic E-state index is 11.0. The van der Waals surface area contributed by atoms with E-state index < -0.39 is 14.3 Å². The van der Waals surface area contributed by atoms with Gasteiger partial charge in [0, 0.05) is 6.61 Å². The number of carbonyl (C=O) groups is 1. The maximum absolute atomic E-state index is 11.0. The summed E-state index contributed by atoms with van der Waals surface area (Å²) in [5.74, 6) is -0.605. The fraction of sp³-hybridized carbons (Fsp3) is 0.923. The summed E-state index contributed by atoms with van der Waals surface area (Å²) in [5.41, 5.74) is -0.148. The number of carboxylic acids is 1. The molecule has 17 heavy (non-hydrogen) atoms. The van der Waals surface area contributed by atoms with Crippen LogP contribution >= 0.6 is 0 Å². The summed E-state index contributed by atoms with van der Waals surface area (Å²) < 4.78 is 6.21. The van der Waals surface area contributed by atoms with Gasteiger partial charge in [0.25, 0.3) is 0 Å². The molecule has 0 radical (unpaired) electrons. The largest absolute Gasteiger partial charge is 0.481 e. The van der Waals surface area contributed by atoms with Crippen LogP contribution in [-0.4, -0.2) is 26.0 Å². The number of rotatable bonds is 4. The minimum Gasteiger partial charge on any atom is -0.481 e. The topological polar surface area (TPSA) is 46.5 Å². The van der Waals surface area contributed by atoms with Crippen molar-refractivity contribution in [3.05, 3.63) is 0 Å². The van der Waals surface area contributed by atoms with Crippen molar-refractivity contribution in [1.29, 1.82) is 0 Å². The van der Waals surface area contributed by atoms with Crippen molar-refractivity contribution in [2.45, 2.75) is 58.2 Å². The lowest BCUT2D eigenvalue weighted by Crippen LogP contribution is -2.67. The van der Waals surface area contributed by atoms with Gasteiger partial charge in [0.2, 0.25) is 0 Å². The van der Waals surface area contributed by atoms with E-state index in [9.17, 15) is 4.79 Å². The minimum atomic E-state index is -1.67. The van der Waals surface area contributed by atoms with Crippen LogP contribution in [0.1, 0.15) is 40.0 Å². The molecule has 0 heterocycles. The molecule has 3 nitrogen and oxygen atoms in total. The Morgan fingerprint density at radius 2 is 1.76 bits per heavy atom. The highest BCUT2D eigenvalue weighted by atomic mass is 28.4. The van der Waals surface area contributed by atoms with E-state index in [4.69, 9.17) is 9.53 Å². The summed E-state index contributed by atoms with van der Waals surface area (Å²) in [6.07, 6.45) is 2.51. The van der Waals surface area contributed by atoms with Crippen LogP contribution in [0, 0.1) is 10.8 Å². The molecular formula is C13H24O3Si. The molecule has 1 N–H and O–H groups in total. The van der Waals surface area contributed by atoms with Gasteiger partial charge in [0.1, 0.15) is 0 Å². The monoisotopic (exact) mass is 256 g/mol. The molecule has 3 aliphatic rings. The Kier molecular flexibility index (Phi) is 2.58. The summed E-state index contributed by atoms with van der Waals surface area (Å²) in [7, 11) is -1.67. The Morgan fingerprint density at radius 3 is 2.12 bits per heavy atom. The highest BCUT2D eigenvalue weighted by molar-refractivity contribution is 6.74. The Balaban J connectivity index is 1.85. The van der Waals surface area contributed by atoms with Crippen LogP contribution in [0.25, 0.3) is 0 Å². The van der Waals surface area contributed by atoms with Crippen molar-refractivity contribution in [2.24, 2.45) is 10.8 Å². The zero-order chi connectivity index (χ0) is 13.1. The van der Waals surface area contributed by atoms with Gasteiger partial charge >= 0.3 is 5.97 Å². The van der Waals surface area contributed by atoms with Crippen LogP contribution in [-0.2, 0) is 9.22 Å². The van der Waals surface area contributed by atoms with E-state index in [0.717, 1.165) is 25.9 Å². The first-order valence-corrected chi connectivity index (χ1v) is 9.30. The molecule has 0 saturated heterocycles. The predicted molar refractivity (Wildman–Crippen MR) is 69.5 cm³/mol. The molecule has 0 amide bonds. The molecule has 98 valence electrons. The van der Waals surface area contributed by atoms with Gasteiger partial charge in [-0.05, 0) is 42.8 Å². The first kappa shape index (κ1) is 13.1.